The number of benzene rings is 1. The molecule has 0 bridgehead atoms. The molecule has 94 valence electrons. The number of aryl methyl sites for hydroxylation is 1. The van der Waals surface area contributed by atoms with Crippen molar-refractivity contribution in [3.05, 3.63) is 29.8 Å². The smallest absolute Gasteiger partial charge is 0.297 e. The maximum atomic E-state index is 11.9. The van der Waals surface area contributed by atoms with Crippen LogP contribution in [0.1, 0.15) is 18.4 Å². The lowest BCUT2D eigenvalue weighted by atomic mass is 10.2. The summed E-state index contributed by atoms with van der Waals surface area (Å²) in [5.74, 6) is 0. The molecule has 1 aromatic carbocycles. The molecule has 0 saturated carbocycles. The zero-order chi connectivity index (χ0) is 12.3. The predicted octanol–water partition coefficient (Wildman–Crippen LogP) is 1.45. The van der Waals surface area contributed by atoms with E-state index in [0.29, 0.717) is 0 Å². The van der Waals surface area contributed by atoms with Crippen molar-refractivity contribution in [3.63, 3.8) is 0 Å². The van der Waals surface area contributed by atoms with Gasteiger partial charge in [0.25, 0.3) is 10.1 Å². The van der Waals surface area contributed by atoms with Gasteiger partial charge in [-0.25, -0.2) is 0 Å². The summed E-state index contributed by atoms with van der Waals surface area (Å²) in [6.45, 7) is 3.08. The predicted molar refractivity (Wildman–Crippen MR) is 65.3 cm³/mol. The molecule has 0 radical (unpaired) electrons. The summed E-state index contributed by atoms with van der Waals surface area (Å²) in [7, 11) is -3.60. The SMILES string of the molecule is Cc1ccc(S(=O)(=O)OC[C@@H]2CCCN2)cc1. The van der Waals surface area contributed by atoms with Gasteiger partial charge in [0.1, 0.15) is 0 Å². The highest BCUT2D eigenvalue weighted by Crippen LogP contribution is 2.15. The Morgan fingerprint density at radius 2 is 2.06 bits per heavy atom. The summed E-state index contributed by atoms with van der Waals surface area (Å²) in [5, 5.41) is 3.20. The fourth-order valence-electron chi connectivity index (χ4n) is 1.84. The first-order valence-electron chi connectivity index (χ1n) is 5.77. The molecular weight excluding hydrogens is 238 g/mol. The minimum absolute atomic E-state index is 0.162. The highest BCUT2D eigenvalue weighted by atomic mass is 32.2. The van der Waals surface area contributed by atoms with Gasteiger partial charge in [-0.1, -0.05) is 17.7 Å². The molecule has 1 saturated heterocycles. The Bertz CT molecular complexity index is 461. The molecule has 1 heterocycles. The Morgan fingerprint density at radius 1 is 1.35 bits per heavy atom. The second-order valence-electron chi connectivity index (χ2n) is 4.34. The van der Waals surface area contributed by atoms with E-state index in [1.165, 1.54) is 0 Å². The molecule has 2 rings (SSSR count). The number of hydrogen-bond donors (Lipinski definition) is 1. The summed E-state index contributed by atoms with van der Waals surface area (Å²) in [6.07, 6.45) is 2.06. The Labute approximate surface area is 102 Å². The molecule has 1 aromatic rings. The second-order valence-corrected chi connectivity index (χ2v) is 5.96. The number of rotatable bonds is 4. The molecule has 1 aliphatic rings. The molecule has 0 aromatic heterocycles. The van der Waals surface area contributed by atoms with Crippen LogP contribution in [0, 0.1) is 6.92 Å². The third kappa shape index (κ3) is 3.28. The van der Waals surface area contributed by atoms with Gasteiger partial charge in [-0.15, -0.1) is 0 Å². The van der Waals surface area contributed by atoms with Crippen LogP contribution in [0.5, 0.6) is 0 Å². The van der Waals surface area contributed by atoms with Gasteiger partial charge in [0.2, 0.25) is 0 Å². The molecule has 5 heteroatoms. The number of nitrogens with one attached hydrogen (secondary N) is 1. The van der Waals surface area contributed by atoms with Crippen LogP contribution >= 0.6 is 0 Å². The van der Waals surface area contributed by atoms with Gasteiger partial charge < -0.3 is 5.32 Å². The van der Waals surface area contributed by atoms with E-state index in [1.807, 2.05) is 6.92 Å². The molecule has 1 fully saturated rings. The summed E-state index contributed by atoms with van der Waals surface area (Å²) in [6, 6.07) is 6.85. The monoisotopic (exact) mass is 255 g/mol. The number of hydrogen-bond acceptors (Lipinski definition) is 4. The maximum Gasteiger partial charge on any atom is 0.297 e. The van der Waals surface area contributed by atoms with Crippen molar-refractivity contribution in [3.8, 4) is 0 Å². The lowest BCUT2D eigenvalue weighted by Crippen LogP contribution is -2.28. The van der Waals surface area contributed by atoms with Crippen LogP contribution in [0.4, 0.5) is 0 Å². The van der Waals surface area contributed by atoms with Crippen molar-refractivity contribution in [1.29, 1.82) is 0 Å². The van der Waals surface area contributed by atoms with E-state index < -0.39 is 10.1 Å². The largest absolute Gasteiger partial charge is 0.312 e. The van der Waals surface area contributed by atoms with E-state index in [4.69, 9.17) is 4.18 Å². The fourth-order valence-corrected chi connectivity index (χ4v) is 2.79. The lowest BCUT2D eigenvalue weighted by molar-refractivity contribution is 0.281. The summed E-state index contributed by atoms with van der Waals surface area (Å²) in [4.78, 5) is 0.223. The highest BCUT2D eigenvalue weighted by Gasteiger charge is 2.20. The van der Waals surface area contributed by atoms with E-state index in [9.17, 15) is 8.42 Å². The first kappa shape index (κ1) is 12.5. The van der Waals surface area contributed by atoms with Crippen molar-refractivity contribution >= 4 is 10.1 Å². The maximum absolute atomic E-state index is 11.9. The van der Waals surface area contributed by atoms with E-state index in [2.05, 4.69) is 5.32 Å². The minimum atomic E-state index is -3.60. The van der Waals surface area contributed by atoms with Crippen molar-refractivity contribution in [2.45, 2.75) is 30.7 Å². The van der Waals surface area contributed by atoms with Gasteiger partial charge in [-0.3, -0.25) is 4.18 Å². The van der Waals surface area contributed by atoms with Crippen LogP contribution < -0.4 is 5.32 Å². The molecule has 0 amide bonds. The molecule has 0 spiro atoms. The van der Waals surface area contributed by atoms with Gasteiger partial charge >= 0.3 is 0 Å². The van der Waals surface area contributed by atoms with Gasteiger partial charge in [0.15, 0.2) is 0 Å². The molecule has 17 heavy (non-hydrogen) atoms. The van der Waals surface area contributed by atoms with Crippen molar-refractivity contribution in [2.24, 2.45) is 0 Å². The van der Waals surface area contributed by atoms with Crippen molar-refractivity contribution in [2.75, 3.05) is 13.2 Å². The Kier molecular flexibility index (Phi) is 3.81. The summed E-state index contributed by atoms with van der Waals surface area (Å²) >= 11 is 0. The second kappa shape index (κ2) is 5.16. The average molecular weight is 255 g/mol. The zero-order valence-corrected chi connectivity index (χ0v) is 10.7. The van der Waals surface area contributed by atoms with Crippen molar-refractivity contribution in [1.82, 2.24) is 5.32 Å². The molecule has 0 unspecified atom stereocenters. The van der Waals surface area contributed by atoms with Gasteiger partial charge in [0.05, 0.1) is 11.5 Å². The first-order chi connectivity index (χ1) is 8.08. The zero-order valence-electron chi connectivity index (χ0n) is 9.85. The third-order valence-corrected chi connectivity index (χ3v) is 4.19. The average Bonchev–Trinajstić information content (AvgIpc) is 2.80. The van der Waals surface area contributed by atoms with E-state index in [0.717, 1.165) is 24.9 Å². The van der Waals surface area contributed by atoms with Crippen LogP contribution in [0.2, 0.25) is 0 Å². The third-order valence-electron chi connectivity index (χ3n) is 2.90. The van der Waals surface area contributed by atoms with Crippen LogP contribution in [-0.4, -0.2) is 27.6 Å². The summed E-state index contributed by atoms with van der Waals surface area (Å²) in [5.41, 5.74) is 1.03. The topological polar surface area (TPSA) is 55.4 Å². The Balaban J connectivity index is 2.00. The van der Waals surface area contributed by atoms with Crippen LogP contribution in [0.25, 0.3) is 0 Å². The van der Waals surface area contributed by atoms with Crippen LogP contribution in [0.3, 0.4) is 0 Å². The fraction of sp³-hybridized carbons (Fsp3) is 0.500. The molecule has 0 aliphatic carbocycles. The lowest BCUT2D eigenvalue weighted by Gasteiger charge is -2.11. The van der Waals surface area contributed by atoms with Gasteiger partial charge in [-0.05, 0) is 38.4 Å². The van der Waals surface area contributed by atoms with Crippen LogP contribution in [-0.2, 0) is 14.3 Å². The quantitative estimate of drug-likeness (QED) is 0.827. The van der Waals surface area contributed by atoms with Crippen LogP contribution in [0.15, 0.2) is 29.2 Å². The standard InChI is InChI=1S/C12H17NO3S/c1-10-4-6-12(7-5-10)17(14,15)16-9-11-3-2-8-13-11/h4-7,11,13H,2-3,8-9H2,1H3/t11-/m0/s1. The Morgan fingerprint density at radius 3 is 2.65 bits per heavy atom. The molecule has 1 aliphatic heterocycles. The minimum Gasteiger partial charge on any atom is -0.312 e. The van der Waals surface area contributed by atoms with Gasteiger partial charge in [0, 0.05) is 6.04 Å². The Hall–Kier alpha value is -0.910. The molecular formula is C12H17NO3S. The van der Waals surface area contributed by atoms with E-state index in [-0.39, 0.29) is 17.5 Å². The van der Waals surface area contributed by atoms with Gasteiger partial charge in [-0.2, -0.15) is 8.42 Å². The molecule has 4 nitrogen and oxygen atoms in total. The van der Waals surface area contributed by atoms with E-state index >= 15 is 0 Å². The molecule has 1 N–H and O–H groups in total. The normalized spacial score (nSPS) is 20.6. The van der Waals surface area contributed by atoms with Crippen molar-refractivity contribution < 1.29 is 12.6 Å². The highest BCUT2D eigenvalue weighted by molar-refractivity contribution is 7.86. The molecule has 1 atom stereocenters. The first-order valence-corrected chi connectivity index (χ1v) is 7.18. The van der Waals surface area contributed by atoms with E-state index in [1.54, 1.807) is 24.3 Å². The summed E-state index contributed by atoms with van der Waals surface area (Å²) < 4.78 is 28.7.